The Labute approximate surface area is 186 Å². The van der Waals surface area contributed by atoms with E-state index in [2.05, 4.69) is 4.18 Å². The first-order valence-corrected chi connectivity index (χ1v) is 12.1. The molecule has 0 aliphatic heterocycles. The number of rotatable bonds is 14. The minimum Gasteiger partial charge on any atom is -0.726 e. The van der Waals surface area contributed by atoms with Crippen molar-refractivity contribution in [1.82, 2.24) is 0 Å². The molecule has 0 unspecified atom stereocenters. The molecule has 0 radical (unpaired) electrons. The Bertz CT molecular complexity index is 502. The Morgan fingerprint density at radius 3 is 2.04 bits per heavy atom. The van der Waals surface area contributed by atoms with E-state index in [9.17, 15) is 13.0 Å². The minimum absolute atomic E-state index is 0.545. The first-order chi connectivity index (χ1) is 12.0. The molecule has 0 aliphatic rings. The highest BCUT2D eigenvalue weighted by atomic mass is 35.5. The fraction of sp³-hybridized carbons (Fsp3) is 0.867. The normalized spacial score (nSPS) is 19.8. The Morgan fingerprint density at radius 1 is 0.962 bits per heavy atom. The van der Waals surface area contributed by atoms with Crippen LogP contribution in [-0.4, -0.2) is 46.0 Å². The maximum absolute atomic E-state index is 11.0. The van der Waals surface area contributed by atoms with Gasteiger partial charge in [-0.05, 0) is 26.2 Å². The lowest BCUT2D eigenvalue weighted by Crippen LogP contribution is -2.45. The first-order valence-electron chi connectivity index (χ1n) is 8.11. The third kappa shape index (κ3) is 12.0. The lowest BCUT2D eigenvalue weighted by atomic mass is 10.0. The summed E-state index contributed by atoms with van der Waals surface area (Å²) in [6.07, 6.45) is 5.83. The zero-order chi connectivity index (χ0) is 20.3. The highest BCUT2D eigenvalue weighted by Crippen LogP contribution is 2.31. The van der Waals surface area contributed by atoms with Crippen molar-refractivity contribution in [3.05, 3.63) is 11.6 Å². The third-order valence-corrected chi connectivity index (χ3v) is 7.14. The van der Waals surface area contributed by atoms with Crippen LogP contribution in [0.1, 0.15) is 45.4 Å². The molecule has 0 aliphatic carbocycles. The summed E-state index contributed by atoms with van der Waals surface area (Å²) in [5.41, 5.74) is 1.50. The van der Waals surface area contributed by atoms with Gasteiger partial charge in [-0.15, -0.1) is 58.0 Å². The zero-order valence-electron chi connectivity index (χ0n) is 14.2. The predicted octanol–water partition coefficient (Wildman–Crippen LogP) is 5.98. The van der Waals surface area contributed by atoms with Crippen molar-refractivity contribution in [2.75, 3.05) is 0 Å². The second-order valence-corrected chi connectivity index (χ2v) is 9.87. The molecule has 6 atom stereocenters. The van der Waals surface area contributed by atoms with Crippen LogP contribution in [-0.2, 0) is 14.6 Å². The molecule has 0 aromatic rings. The van der Waals surface area contributed by atoms with Crippen LogP contribution in [0.2, 0.25) is 0 Å². The molecule has 11 heteroatoms. The van der Waals surface area contributed by atoms with Gasteiger partial charge in [-0.2, -0.15) is 0 Å². The van der Waals surface area contributed by atoms with Gasteiger partial charge in [0, 0.05) is 10.9 Å². The molecule has 0 spiro atoms. The zero-order valence-corrected chi connectivity index (χ0v) is 19.5. The molecule has 0 N–H and O–H groups in total. The molecule has 4 nitrogen and oxygen atoms in total. The number of halogens is 6. The highest BCUT2D eigenvalue weighted by molar-refractivity contribution is 7.80. The van der Waals surface area contributed by atoms with E-state index >= 15 is 0 Å². The molecule has 0 rings (SSSR count). The Hall–Kier alpha value is 1.35. The van der Waals surface area contributed by atoms with Crippen LogP contribution in [0.15, 0.2) is 11.6 Å². The van der Waals surface area contributed by atoms with E-state index in [1.165, 1.54) is 12.5 Å². The number of unbranched alkanes of at least 4 members (excludes halogenated alkanes) is 4. The van der Waals surface area contributed by atoms with E-state index in [4.69, 9.17) is 69.6 Å². The SMILES string of the molecule is C[C@@H](Cl)[C@@H](Cl)[C@@H](OS(=O)(=O)[O-])[C@H](Cl)[C@@H](Cl)[C@H](Cl)CCCCCC/C=C/Cl. The molecule has 0 aromatic carbocycles. The summed E-state index contributed by atoms with van der Waals surface area (Å²) < 4.78 is 37.4. The minimum atomic E-state index is -5.03. The van der Waals surface area contributed by atoms with E-state index in [1.54, 1.807) is 0 Å². The Morgan fingerprint density at radius 2 is 1.54 bits per heavy atom. The Balaban J connectivity index is 4.61. The summed E-state index contributed by atoms with van der Waals surface area (Å²) in [4.78, 5) is 0. The van der Waals surface area contributed by atoms with E-state index in [-0.39, 0.29) is 0 Å². The second-order valence-electron chi connectivity index (χ2n) is 5.85. The van der Waals surface area contributed by atoms with E-state index < -0.39 is 43.4 Å². The van der Waals surface area contributed by atoms with Crippen molar-refractivity contribution in [3.63, 3.8) is 0 Å². The maximum Gasteiger partial charge on any atom is 0.218 e. The standard InChI is InChI=1S/C15H24Cl6O4S/c1-10(17)12(19)15(25-26(22,23)24)14(21)13(20)11(18)8-6-4-2-3-5-7-9-16/h7,9-15H,2-6,8H2,1H3,(H,22,23,24)/p-1/b9-7+/t10-,11-,12-,13+,14-,15-/m1/s1. The van der Waals surface area contributed by atoms with Crippen molar-refractivity contribution in [2.24, 2.45) is 0 Å². The van der Waals surface area contributed by atoms with Crippen molar-refractivity contribution in [2.45, 2.75) is 78.4 Å². The summed E-state index contributed by atoms with van der Waals surface area (Å²) in [6.45, 7) is 1.53. The quantitative estimate of drug-likeness (QED) is 0.124. The average molecular weight is 512 g/mol. The molecule has 0 saturated heterocycles. The molecular formula is C15H23Cl6O4S-. The van der Waals surface area contributed by atoms with Crippen LogP contribution in [0.5, 0.6) is 0 Å². The van der Waals surface area contributed by atoms with Crippen LogP contribution >= 0.6 is 69.6 Å². The fourth-order valence-electron chi connectivity index (χ4n) is 2.24. The summed E-state index contributed by atoms with van der Waals surface area (Å²) in [7, 11) is -5.03. The van der Waals surface area contributed by atoms with Crippen molar-refractivity contribution in [1.29, 1.82) is 0 Å². The Kier molecular flexibility index (Phi) is 15.1. The van der Waals surface area contributed by atoms with Gasteiger partial charge in [0.1, 0.15) is 6.10 Å². The molecular weight excluding hydrogens is 489 g/mol. The topological polar surface area (TPSA) is 66.4 Å². The van der Waals surface area contributed by atoms with Gasteiger partial charge in [-0.1, -0.05) is 36.9 Å². The molecule has 0 saturated carbocycles. The first kappa shape index (κ1) is 27.4. The van der Waals surface area contributed by atoms with Crippen LogP contribution in [0.4, 0.5) is 0 Å². The number of hydrogen-bond donors (Lipinski definition) is 0. The van der Waals surface area contributed by atoms with Crippen LogP contribution in [0.25, 0.3) is 0 Å². The smallest absolute Gasteiger partial charge is 0.218 e. The molecule has 0 aromatic heterocycles. The molecule has 0 amide bonds. The number of alkyl halides is 5. The lowest BCUT2D eigenvalue weighted by molar-refractivity contribution is 0.165. The van der Waals surface area contributed by atoms with Gasteiger partial charge >= 0.3 is 0 Å². The summed E-state index contributed by atoms with van der Waals surface area (Å²) >= 11 is 36.2. The van der Waals surface area contributed by atoms with Crippen molar-refractivity contribution in [3.8, 4) is 0 Å². The summed E-state index contributed by atoms with van der Waals surface area (Å²) in [6, 6.07) is 0. The fourth-order valence-corrected chi connectivity index (χ4v) is 4.46. The van der Waals surface area contributed by atoms with Crippen LogP contribution in [0.3, 0.4) is 0 Å². The van der Waals surface area contributed by atoms with Gasteiger partial charge in [0.25, 0.3) is 0 Å². The monoisotopic (exact) mass is 509 g/mol. The third-order valence-electron chi connectivity index (χ3n) is 3.63. The predicted molar refractivity (Wildman–Crippen MR) is 111 cm³/mol. The van der Waals surface area contributed by atoms with Gasteiger partial charge in [0.05, 0.1) is 21.5 Å². The summed E-state index contributed by atoms with van der Waals surface area (Å²) in [5, 5.41) is -4.26. The number of allylic oxidation sites excluding steroid dienone is 1. The van der Waals surface area contributed by atoms with E-state index in [0.717, 1.165) is 32.1 Å². The second kappa shape index (κ2) is 14.4. The van der Waals surface area contributed by atoms with Gasteiger partial charge in [-0.25, -0.2) is 8.42 Å². The maximum atomic E-state index is 11.0. The molecule has 156 valence electrons. The van der Waals surface area contributed by atoms with Crippen LogP contribution < -0.4 is 0 Å². The van der Waals surface area contributed by atoms with Crippen molar-refractivity contribution >= 4 is 80.0 Å². The van der Waals surface area contributed by atoms with Gasteiger partial charge < -0.3 is 4.55 Å². The van der Waals surface area contributed by atoms with Gasteiger partial charge in [0.2, 0.25) is 10.4 Å². The van der Waals surface area contributed by atoms with E-state index in [0.29, 0.717) is 6.42 Å². The average Bonchev–Trinajstić information content (AvgIpc) is 2.55. The van der Waals surface area contributed by atoms with E-state index in [1.807, 2.05) is 6.08 Å². The molecule has 0 heterocycles. The van der Waals surface area contributed by atoms with Gasteiger partial charge in [0.15, 0.2) is 0 Å². The van der Waals surface area contributed by atoms with Crippen LogP contribution in [0, 0.1) is 0 Å². The molecule has 0 fully saturated rings. The summed E-state index contributed by atoms with van der Waals surface area (Å²) in [5.74, 6) is 0. The molecule has 0 bridgehead atoms. The highest BCUT2D eigenvalue weighted by Gasteiger charge is 2.39. The largest absolute Gasteiger partial charge is 0.726 e. The van der Waals surface area contributed by atoms with Crippen molar-refractivity contribution < 1.29 is 17.2 Å². The number of hydrogen-bond acceptors (Lipinski definition) is 4. The molecule has 26 heavy (non-hydrogen) atoms. The lowest BCUT2D eigenvalue weighted by Gasteiger charge is -2.32. The van der Waals surface area contributed by atoms with Gasteiger partial charge in [-0.3, -0.25) is 4.18 Å².